The normalized spacial score (nSPS) is 17.6. The fourth-order valence-electron chi connectivity index (χ4n) is 2.03. The van der Waals surface area contributed by atoms with Crippen LogP contribution in [0.4, 0.5) is 5.69 Å². The number of carbonyl (C=O) groups is 1. The summed E-state index contributed by atoms with van der Waals surface area (Å²) in [4.78, 5) is 13.0. The molecular weight excluding hydrogens is 202 g/mol. The zero-order chi connectivity index (χ0) is 11.5. The average Bonchev–Trinajstić information content (AvgIpc) is 2.65. The Kier molecular flexibility index (Phi) is 2.82. The van der Waals surface area contributed by atoms with Crippen LogP contribution in [0.25, 0.3) is 0 Å². The Morgan fingerprint density at radius 1 is 1.56 bits per heavy atom. The molecule has 0 bridgehead atoms. The van der Waals surface area contributed by atoms with Gasteiger partial charge in [-0.15, -0.1) is 5.92 Å². The van der Waals surface area contributed by atoms with Crippen molar-refractivity contribution < 1.29 is 9.90 Å². The van der Waals surface area contributed by atoms with Crippen LogP contribution in [0.3, 0.4) is 0 Å². The molecule has 16 heavy (non-hydrogen) atoms. The van der Waals surface area contributed by atoms with Crippen molar-refractivity contribution in [2.24, 2.45) is 0 Å². The van der Waals surface area contributed by atoms with Crippen molar-refractivity contribution in [3.63, 3.8) is 0 Å². The van der Waals surface area contributed by atoms with E-state index in [0.717, 1.165) is 11.3 Å². The van der Waals surface area contributed by atoms with Crippen molar-refractivity contribution in [3.8, 4) is 11.8 Å². The van der Waals surface area contributed by atoms with Gasteiger partial charge in [0.05, 0.1) is 6.54 Å². The first-order chi connectivity index (χ1) is 7.74. The topological polar surface area (TPSA) is 40.5 Å². The van der Waals surface area contributed by atoms with Crippen LogP contribution in [-0.2, 0) is 11.2 Å². The molecule has 0 amide bonds. The van der Waals surface area contributed by atoms with Crippen LogP contribution in [0.15, 0.2) is 24.3 Å². The Morgan fingerprint density at radius 3 is 3.00 bits per heavy atom. The fourth-order valence-corrected chi connectivity index (χ4v) is 2.03. The number of carboxylic acids is 1. The number of nitrogens with zero attached hydrogens (tertiary/aromatic N) is 1. The van der Waals surface area contributed by atoms with Crippen LogP contribution < -0.4 is 4.90 Å². The Labute approximate surface area is 94.7 Å². The minimum Gasteiger partial charge on any atom is -0.480 e. The third-order valence-corrected chi connectivity index (χ3v) is 2.80. The van der Waals surface area contributed by atoms with Crippen LogP contribution in [0, 0.1) is 11.8 Å². The minimum absolute atomic E-state index is 0.474. The molecule has 82 valence electrons. The first-order valence-corrected chi connectivity index (χ1v) is 5.21. The summed E-state index contributed by atoms with van der Waals surface area (Å²) in [5.41, 5.74) is 2.09. The maximum absolute atomic E-state index is 11.2. The van der Waals surface area contributed by atoms with Crippen LogP contribution >= 0.6 is 0 Å². The van der Waals surface area contributed by atoms with Crippen molar-refractivity contribution in [3.05, 3.63) is 29.8 Å². The molecule has 0 radical (unpaired) electrons. The molecule has 2 rings (SSSR count). The van der Waals surface area contributed by atoms with Crippen LogP contribution in [0.1, 0.15) is 12.5 Å². The molecule has 0 spiro atoms. The van der Waals surface area contributed by atoms with Gasteiger partial charge in [-0.3, -0.25) is 0 Å². The van der Waals surface area contributed by atoms with E-state index in [-0.39, 0.29) is 0 Å². The summed E-state index contributed by atoms with van der Waals surface area (Å²) >= 11 is 0. The van der Waals surface area contributed by atoms with Crippen LogP contribution in [-0.4, -0.2) is 23.7 Å². The quantitative estimate of drug-likeness (QED) is 0.760. The van der Waals surface area contributed by atoms with Gasteiger partial charge in [0.2, 0.25) is 0 Å². The lowest BCUT2D eigenvalue weighted by molar-refractivity contribution is -0.138. The number of hydrogen-bond acceptors (Lipinski definition) is 2. The number of hydrogen-bond donors (Lipinski definition) is 1. The number of rotatable bonds is 2. The van der Waals surface area contributed by atoms with Gasteiger partial charge in [-0.05, 0) is 18.6 Å². The van der Waals surface area contributed by atoms with Crippen LogP contribution in [0.2, 0.25) is 0 Å². The SMILES string of the molecule is CC#CCN1c2ccccc2CC1C(=O)O. The van der Waals surface area contributed by atoms with E-state index in [2.05, 4.69) is 11.8 Å². The summed E-state index contributed by atoms with van der Waals surface area (Å²) < 4.78 is 0. The van der Waals surface area contributed by atoms with Gasteiger partial charge in [0.15, 0.2) is 0 Å². The second-order valence-electron chi connectivity index (χ2n) is 3.74. The summed E-state index contributed by atoms with van der Waals surface area (Å²) in [6, 6.07) is 7.32. The third-order valence-electron chi connectivity index (χ3n) is 2.80. The van der Waals surface area contributed by atoms with Gasteiger partial charge in [-0.1, -0.05) is 24.1 Å². The fraction of sp³-hybridized carbons (Fsp3) is 0.308. The smallest absolute Gasteiger partial charge is 0.326 e. The number of para-hydroxylation sites is 1. The van der Waals surface area contributed by atoms with E-state index in [0.29, 0.717) is 13.0 Å². The van der Waals surface area contributed by atoms with Gasteiger partial charge >= 0.3 is 5.97 Å². The summed E-state index contributed by atoms with van der Waals surface area (Å²) in [7, 11) is 0. The zero-order valence-corrected chi connectivity index (χ0v) is 9.10. The van der Waals surface area contributed by atoms with E-state index in [4.69, 9.17) is 5.11 Å². The first-order valence-electron chi connectivity index (χ1n) is 5.21. The van der Waals surface area contributed by atoms with Gasteiger partial charge in [-0.25, -0.2) is 4.79 Å². The molecule has 1 aliphatic rings. The van der Waals surface area contributed by atoms with Crippen molar-refractivity contribution in [1.29, 1.82) is 0 Å². The third kappa shape index (κ3) is 1.74. The molecule has 0 fully saturated rings. The van der Waals surface area contributed by atoms with Gasteiger partial charge in [0, 0.05) is 12.1 Å². The molecule has 1 aliphatic heterocycles. The molecule has 1 atom stereocenters. The van der Waals surface area contributed by atoms with Crippen molar-refractivity contribution in [2.75, 3.05) is 11.4 Å². The lowest BCUT2D eigenvalue weighted by Crippen LogP contribution is -2.38. The molecule has 0 saturated heterocycles. The largest absolute Gasteiger partial charge is 0.480 e. The lowest BCUT2D eigenvalue weighted by atomic mass is 10.1. The molecule has 0 aliphatic carbocycles. The first kappa shape index (κ1) is 10.6. The molecule has 1 N–H and O–H groups in total. The summed E-state index contributed by atoms with van der Waals surface area (Å²) in [6.07, 6.45) is 0.566. The molecule has 3 heteroatoms. The van der Waals surface area contributed by atoms with E-state index in [1.165, 1.54) is 0 Å². The number of fused-ring (bicyclic) bond motifs is 1. The zero-order valence-electron chi connectivity index (χ0n) is 9.10. The molecule has 3 nitrogen and oxygen atoms in total. The van der Waals surface area contributed by atoms with Crippen molar-refractivity contribution in [1.82, 2.24) is 0 Å². The molecule has 1 unspecified atom stereocenters. The predicted octanol–water partition coefficient (Wildman–Crippen LogP) is 1.53. The summed E-state index contributed by atoms with van der Waals surface area (Å²) in [5.74, 6) is 4.95. The molecule has 1 aromatic carbocycles. The number of benzene rings is 1. The molecule has 0 saturated carbocycles. The Bertz CT molecular complexity index is 470. The maximum Gasteiger partial charge on any atom is 0.326 e. The van der Waals surface area contributed by atoms with Gasteiger partial charge in [0.25, 0.3) is 0 Å². The van der Waals surface area contributed by atoms with Gasteiger partial charge < -0.3 is 10.0 Å². The maximum atomic E-state index is 11.2. The minimum atomic E-state index is -0.783. The highest BCUT2D eigenvalue weighted by molar-refractivity contribution is 5.82. The second kappa shape index (κ2) is 4.28. The number of aliphatic carboxylic acids is 1. The summed E-state index contributed by atoms with van der Waals surface area (Å²) in [5, 5.41) is 9.17. The number of carboxylic acid groups (broad SMARTS) is 1. The highest BCUT2D eigenvalue weighted by Gasteiger charge is 2.33. The Morgan fingerprint density at radius 2 is 2.31 bits per heavy atom. The molecule has 1 heterocycles. The van der Waals surface area contributed by atoms with Crippen molar-refractivity contribution >= 4 is 11.7 Å². The van der Waals surface area contributed by atoms with E-state index in [1.807, 2.05) is 29.2 Å². The predicted molar refractivity (Wildman–Crippen MR) is 62.4 cm³/mol. The molecule has 1 aromatic rings. The van der Waals surface area contributed by atoms with E-state index in [9.17, 15) is 4.79 Å². The monoisotopic (exact) mass is 215 g/mol. The standard InChI is InChI=1S/C13H13NO2/c1-2-3-8-14-11-7-5-4-6-10(11)9-12(14)13(15)16/h4-7,12H,8-9H2,1H3,(H,15,16). The Hall–Kier alpha value is -1.95. The van der Waals surface area contributed by atoms with Crippen LogP contribution in [0.5, 0.6) is 0 Å². The number of anilines is 1. The average molecular weight is 215 g/mol. The van der Waals surface area contributed by atoms with E-state index >= 15 is 0 Å². The van der Waals surface area contributed by atoms with E-state index in [1.54, 1.807) is 6.92 Å². The second-order valence-corrected chi connectivity index (χ2v) is 3.74. The molecular formula is C13H13NO2. The Balaban J connectivity index is 2.34. The van der Waals surface area contributed by atoms with Gasteiger partial charge in [0.1, 0.15) is 6.04 Å². The molecule has 0 aromatic heterocycles. The van der Waals surface area contributed by atoms with Crippen molar-refractivity contribution in [2.45, 2.75) is 19.4 Å². The highest BCUT2D eigenvalue weighted by Crippen LogP contribution is 2.31. The lowest BCUT2D eigenvalue weighted by Gasteiger charge is -2.21. The van der Waals surface area contributed by atoms with Gasteiger partial charge in [-0.2, -0.15) is 0 Å². The van der Waals surface area contributed by atoms with E-state index < -0.39 is 12.0 Å². The highest BCUT2D eigenvalue weighted by atomic mass is 16.4. The summed E-state index contributed by atoms with van der Waals surface area (Å²) in [6.45, 7) is 2.24.